The summed E-state index contributed by atoms with van der Waals surface area (Å²) in [6, 6.07) is 6.91. The Morgan fingerprint density at radius 2 is 1.50 bits per heavy atom. The Labute approximate surface area is 106 Å². The van der Waals surface area contributed by atoms with Gasteiger partial charge in [-0.25, -0.2) is 0 Å². The van der Waals surface area contributed by atoms with Gasteiger partial charge in [0.15, 0.2) is 11.5 Å². The van der Waals surface area contributed by atoms with Crippen LogP contribution in [0.25, 0.3) is 10.8 Å². The van der Waals surface area contributed by atoms with Crippen molar-refractivity contribution in [2.24, 2.45) is 0 Å². The van der Waals surface area contributed by atoms with Gasteiger partial charge in [0, 0.05) is 16.3 Å². The van der Waals surface area contributed by atoms with E-state index < -0.39 is 0 Å². The van der Waals surface area contributed by atoms with E-state index in [0.717, 1.165) is 5.57 Å². The van der Waals surface area contributed by atoms with Crippen LogP contribution in [-0.2, 0) is 6.42 Å². The molecular weight excluding hydrogens is 228 g/mol. The molecule has 0 amide bonds. The molecule has 0 radical (unpaired) electrons. The SMILES string of the molecule is CC(C)=CCc1c(O)c(O)c2ccccc2c1O. The topological polar surface area (TPSA) is 60.7 Å². The minimum Gasteiger partial charge on any atom is -0.507 e. The van der Waals surface area contributed by atoms with Crippen molar-refractivity contribution in [3.63, 3.8) is 0 Å². The van der Waals surface area contributed by atoms with Gasteiger partial charge in [-0.3, -0.25) is 0 Å². The quantitative estimate of drug-likeness (QED) is 0.430. The molecule has 0 heterocycles. The van der Waals surface area contributed by atoms with Gasteiger partial charge in [0.25, 0.3) is 0 Å². The van der Waals surface area contributed by atoms with Gasteiger partial charge in [-0.1, -0.05) is 35.9 Å². The molecule has 0 atom stereocenters. The molecule has 0 aliphatic rings. The van der Waals surface area contributed by atoms with Crippen LogP contribution >= 0.6 is 0 Å². The Hall–Kier alpha value is -2.16. The molecule has 0 bridgehead atoms. The van der Waals surface area contributed by atoms with Gasteiger partial charge < -0.3 is 15.3 Å². The smallest absolute Gasteiger partial charge is 0.166 e. The summed E-state index contributed by atoms with van der Waals surface area (Å²) < 4.78 is 0. The summed E-state index contributed by atoms with van der Waals surface area (Å²) in [6.07, 6.45) is 2.28. The van der Waals surface area contributed by atoms with E-state index in [1.54, 1.807) is 24.3 Å². The molecule has 3 nitrogen and oxygen atoms in total. The van der Waals surface area contributed by atoms with Gasteiger partial charge in [-0.2, -0.15) is 0 Å². The molecule has 3 N–H and O–H groups in total. The number of rotatable bonds is 2. The van der Waals surface area contributed by atoms with Gasteiger partial charge in [-0.15, -0.1) is 0 Å². The molecule has 0 saturated heterocycles. The lowest BCUT2D eigenvalue weighted by Gasteiger charge is -2.11. The fourth-order valence-electron chi connectivity index (χ4n) is 1.94. The molecule has 0 aliphatic carbocycles. The van der Waals surface area contributed by atoms with Crippen molar-refractivity contribution >= 4 is 10.8 Å². The largest absolute Gasteiger partial charge is 0.507 e. The van der Waals surface area contributed by atoms with Crippen molar-refractivity contribution in [1.82, 2.24) is 0 Å². The molecule has 0 aliphatic heterocycles. The zero-order valence-electron chi connectivity index (χ0n) is 10.4. The fourth-order valence-corrected chi connectivity index (χ4v) is 1.94. The van der Waals surface area contributed by atoms with E-state index in [-0.39, 0.29) is 17.2 Å². The number of fused-ring (bicyclic) bond motifs is 1. The number of hydrogen-bond donors (Lipinski definition) is 3. The van der Waals surface area contributed by atoms with Crippen molar-refractivity contribution in [2.45, 2.75) is 20.3 Å². The number of phenols is 3. The Balaban J connectivity index is 2.70. The first-order chi connectivity index (χ1) is 8.52. The van der Waals surface area contributed by atoms with E-state index in [9.17, 15) is 15.3 Å². The summed E-state index contributed by atoms with van der Waals surface area (Å²) in [4.78, 5) is 0. The molecule has 0 saturated carbocycles. The molecule has 2 aromatic rings. The maximum absolute atomic E-state index is 10.2. The molecule has 18 heavy (non-hydrogen) atoms. The monoisotopic (exact) mass is 244 g/mol. The van der Waals surface area contributed by atoms with Crippen molar-refractivity contribution < 1.29 is 15.3 Å². The summed E-state index contributed by atoms with van der Waals surface area (Å²) in [5.74, 6) is -0.400. The van der Waals surface area contributed by atoms with E-state index in [0.29, 0.717) is 22.8 Å². The van der Waals surface area contributed by atoms with Crippen molar-refractivity contribution in [1.29, 1.82) is 0 Å². The lowest BCUT2D eigenvalue weighted by atomic mass is 10.00. The molecule has 0 spiro atoms. The van der Waals surface area contributed by atoms with Crippen LogP contribution in [0.4, 0.5) is 0 Å². The van der Waals surface area contributed by atoms with Crippen LogP contribution in [-0.4, -0.2) is 15.3 Å². The highest BCUT2D eigenvalue weighted by Gasteiger charge is 2.16. The first-order valence-electron chi connectivity index (χ1n) is 5.80. The molecule has 3 heteroatoms. The Morgan fingerprint density at radius 1 is 0.944 bits per heavy atom. The fraction of sp³-hybridized carbons (Fsp3) is 0.200. The minimum atomic E-state index is -0.247. The number of benzene rings is 2. The highest BCUT2D eigenvalue weighted by Crippen LogP contribution is 2.44. The van der Waals surface area contributed by atoms with Crippen LogP contribution in [0.2, 0.25) is 0 Å². The van der Waals surface area contributed by atoms with Gasteiger partial charge in [0.05, 0.1) is 0 Å². The van der Waals surface area contributed by atoms with E-state index in [1.165, 1.54) is 0 Å². The van der Waals surface area contributed by atoms with Crippen LogP contribution in [0.15, 0.2) is 35.9 Å². The normalized spacial score (nSPS) is 10.6. The summed E-state index contributed by atoms with van der Waals surface area (Å²) in [5, 5.41) is 31.1. The second-order valence-electron chi connectivity index (χ2n) is 4.56. The summed E-state index contributed by atoms with van der Waals surface area (Å²) in [5.41, 5.74) is 1.44. The van der Waals surface area contributed by atoms with Crippen LogP contribution < -0.4 is 0 Å². The molecule has 94 valence electrons. The Morgan fingerprint density at radius 3 is 2.06 bits per heavy atom. The highest BCUT2D eigenvalue weighted by atomic mass is 16.3. The molecule has 0 unspecified atom stereocenters. The van der Waals surface area contributed by atoms with Crippen molar-refractivity contribution in [3.8, 4) is 17.2 Å². The van der Waals surface area contributed by atoms with E-state index in [2.05, 4.69) is 0 Å². The first kappa shape index (κ1) is 12.3. The summed E-state index contributed by atoms with van der Waals surface area (Å²) in [7, 11) is 0. The third kappa shape index (κ3) is 1.99. The number of phenolic OH excluding ortho intramolecular Hbond substituents is 3. The lowest BCUT2D eigenvalue weighted by Crippen LogP contribution is -1.88. The van der Waals surface area contributed by atoms with Gasteiger partial charge in [-0.05, 0) is 20.3 Å². The van der Waals surface area contributed by atoms with Gasteiger partial charge in [0.1, 0.15) is 5.75 Å². The number of hydrogen-bond acceptors (Lipinski definition) is 3. The zero-order chi connectivity index (χ0) is 13.3. The maximum atomic E-state index is 10.2. The van der Waals surface area contributed by atoms with Crippen molar-refractivity contribution in [3.05, 3.63) is 41.5 Å². The van der Waals surface area contributed by atoms with Gasteiger partial charge in [0.2, 0.25) is 0 Å². The molecule has 2 rings (SSSR count). The average molecular weight is 244 g/mol. The lowest BCUT2D eigenvalue weighted by molar-refractivity contribution is 0.396. The molecule has 0 aromatic heterocycles. The Bertz CT molecular complexity index is 623. The molecule has 2 aromatic carbocycles. The third-order valence-corrected chi connectivity index (χ3v) is 2.95. The van der Waals surface area contributed by atoms with Gasteiger partial charge >= 0.3 is 0 Å². The minimum absolute atomic E-state index is 0.0263. The standard InChI is InChI=1S/C15H16O3/c1-9(2)7-8-12-13(16)10-5-3-4-6-11(10)14(17)15(12)18/h3-7,16-18H,8H2,1-2H3. The third-order valence-electron chi connectivity index (χ3n) is 2.95. The van der Waals surface area contributed by atoms with E-state index >= 15 is 0 Å². The predicted molar refractivity (Wildman–Crippen MR) is 72.1 cm³/mol. The molecular formula is C15H16O3. The van der Waals surface area contributed by atoms with Crippen LogP contribution in [0.5, 0.6) is 17.2 Å². The highest BCUT2D eigenvalue weighted by molar-refractivity contribution is 5.96. The van der Waals surface area contributed by atoms with E-state index in [4.69, 9.17) is 0 Å². The van der Waals surface area contributed by atoms with Crippen LogP contribution in [0.3, 0.4) is 0 Å². The summed E-state index contributed by atoms with van der Waals surface area (Å²) in [6.45, 7) is 3.88. The van der Waals surface area contributed by atoms with Crippen LogP contribution in [0, 0.1) is 0 Å². The molecule has 0 fully saturated rings. The van der Waals surface area contributed by atoms with Crippen molar-refractivity contribution in [2.75, 3.05) is 0 Å². The van der Waals surface area contributed by atoms with Crippen LogP contribution in [0.1, 0.15) is 19.4 Å². The average Bonchev–Trinajstić information content (AvgIpc) is 2.36. The van der Waals surface area contributed by atoms with E-state index in [1.807, 2.05) is 19.9 Å². The first-order valence-corrected chi connectivity index (χ1v) is 5.80. The maximum Gasteiger partial charge on any atom is 0.166 e. The second-order valence-corrected chi connectivity index (χ2v) is 4.56. The second kappa shape index (κ2) is 4.61. The zero-order valence-corrected chi connectivity index (χ0v) is 10.4. The number of aromatic hydroxyl groups is 3. The Kier molecular flexibility index (Phi) is 3.15. The summed E-state index contributed by atoms with van der Waals surface area (Å²) >= 11 is 0. The predicted octanol–water partition coefficient (Wildman–Crippen LogP) is 3.47. The number of allylic oxidation sites excluding steroid dienone is 2.